The monoisotopic (exact) mass is 216 g/mol. The van der Waals surface area contributed by atoms with E-state index in [-0.39, 0.29) is 0 Å². The summed E-state index contributed by atoms with van der Waals surface area (Å²) >= 11 is 0. The van der Waals surface area contributed by atoms with E-state index in [9.17, 15) is 0 Å². The summed E-state index contributed by atoms with van der Waals surface area (Å²) in [5.41, 5.74) is 1.74. The van der Waals surface area contributed by atoms with Gasteiger partial charge in [0.2, 0.25) is 0 Å². The summed E-state index contributed by atoms with van der Waals surface area (Å²) in [6.45, 7) is 4.39. The smallest absolute Gasteiger partial charge is 0.0169 e. The van der Waals surface area contributed by atoms with Crippen LogP contribution >= 0.6 is 0 Å². The van der Waals surface area contributed by atoms with Gasteiger partial charge in [0, 0.05) is 0 Å². The van der Waals surface area contributed by atoms with Crippen LogP contribution in [-0.2, 0) is 0 Å². The SMILES string of the molecule is CC=C1C[C@@H]2C[C@H]1CC2C=CCC=CCC. The van der Waals surface area contributed by atoms with E-state index in [1.807, 2.05) is 0 Å². The zero-order chi connectivity index (χ0) is 11.4. The first kappa shape index (κ1) is 11.7. The molecule has 88 valence electrons. The number of rotatable bonds is 4. The van der Waals surface area contributed by atoms with E-state index in [2.05, 4.69) is 44.2 Å². The Kier molecular flexibility index (Phi) is 4.04. The van der Waals surface area contributed by atoms with Gasteiger partial charge in [-0.1, -0.05) is 42.9 Å². The van der Waals surface area contributed by atoms with Crippen molar-refractivity contribution in [3.05, 3.63) is 36.0 Å². The standard InChI is InChI=1S/C16H24/c1-3-5-6-7-8-9-14-11-15-12-16(14)10-13(15)4-2/h4-6,8-9,14-16H,3,7,10-12H2,1-2H3/t14?,15-,16-/m1/s1. The van der Waals surface area contributed by atoms with Gasteiger partial charge in [0.25, 0.3) is 0 Å². The Morgan fingerprint density at radius 2 is 2.06 bits per heavy atom. The van der Waals surface area contributed by atoms with Crippen LogP contribution in [0.5, 0.6) is 0 Å². The molecule has 0 aromatic rings. The molecule has 0 N–H and O–H groups in total. The van der Waals surface area contributed by atoms with E-state index in [4.69, 9.17) is 0 Å². The van der Waals surface area contributed by atoms with Gasteiger partial charge < -0.3 is 0 Å². The third kappa shape index (κ3) is 2.48. The molecule has 0 heteroatoms. The highest BCUT2D eigenvalue weighted by atomic mass is 14.4. The molecule has 0 spiro atoms. The fourth-order valence-electron chi connectivity index (χ4n) is 3.35. The van der Waals surface area contributed by atoms with Crippen molar-refractivity contribution in [3.63, 3.8) is 0 Å². The van der Waals surface area contributed by atoms with Crippen molar-refractivity contribution < 1.29 is 0 Å². The molecule has 2 fully saturated rings. The van der Waals surface area contributed by atoms with Gasteiger partial charge in [0.1, 0.15) is 0 Å². The lowest BCUT2D eigenvalue weighted by molar-refractivity contribution is 0.446. The minimum Gasteiger partial charge on any atom is -0.0885 e. The molecule has 2 bridgehead atoms. The molecule has 0 aliphatic heterocycles. The van der Waals surface area contributed by atoms with Crippen molar-refractivity contribution in [1.29, 1.82) is 0 Å². The molecule has 2 saturated carbocycles. The molecule has 0 amide bonds. The molecular formula is C16H24. The van der Waals surface area contributed by atoms with Crippen LogP contribution in [-0.4, -0.2) is 0 Å². The minimum absolute atomic E-state index is 0.878. The second-order valence-electron chi connectivity index (χ2n) is 5.20. The maximum atomic E-state index is 2.48. The molecule has 0 aromatic heterocycles. The summed E-state index contributed by atoms with van der Waals surface area (Å²) in [6, 6.07) is 0. The summed E-state index contributed by atoms with van der Waals surface area (Å²) in [5.74, 6) is 2.77. The summed E-state index contributed by atoms with van der Waals surface area (Å²) in [5, 5.41) is 0. The number of hydrogen-bond donors (Lipinski definition) is 0. The quantitative estimate of drug-likeness (QED) is 0.587. The predicted molar refractivity (Wildman–Crippen MR) is 71.3 cm³/mol. The van der Waals surface area contributed by atoms with Crippen molar-refractivity contribution in [2.45, 2.75) is 46.0 Å². The Morgan fingerprint density at radius 3 is 2.69 bits per heavy atom. The molecule has 16 heavy (non-hydrogen) atoms. The average molecular weight is 216 g/mol. The number of fused-ring (bicyclic) bond motifs is 2. The van der Waals surface area contributed by atoms with Gasteiger partial charge in [-0.3, -0.25) is 0 Å². The Hall–Kier alpha value is -0.780. The first-order chi connectivity index (χ1) is 7.85. The second-order valence-corrected chi connectivity index (χ2v) is 5.20. The van der Waals surface area contributed by atoms with Gasteiger partial charge in [0.05, 0.1) is 0 Å². The van der Waals surface area contributed by atoms with Crippen LogP contribution in [0.4, 0.5) is 0 Å². The lowest BCUT2D eigenvalue weighted by Crippen LogP contribution is -2.09. The highest BCUT2D eigenvalue weighted by Gasteiger charge is 2.40. The lowest BCUT2D eigenvalue weighted by atomic mass is 9.85. The maximum absolute atomic E-state index is 2.48. The summed E-state index contributed by atoms with van der Waals surface area (Å²) < 4.78 is 0. The van der Waals surface area contributed by atoms with E-state index in [0.29, 0.717) is 0 Å². The van der Waals surface area contributed by atoms with Crippen LogP contribution in [0.2, 0.25) is 0 Å². The molecule has 2 rings (SSSR count). The molecule has 0 heterocycles. The minimum atomic E-state index is 0.878. The Bertz CT molecular complexity index is 306. The molecule has 1 unspecified atom stereocenters. The highest BCUT2D eigenvalue weighted by molar-refractivity contribution is 5.20. The van der Waals surface area contributed by atoms with Crippen LogP contribution in [0.25, 0.3) is 0 Å². The van der Waals surface area contributed by atoms with E-state index < -0.39 is 0 Å². The van der Waals surface area contributed by atoms with Crippen LogP contribution in [0.3, 0.4) is 0 Å². The summed E-state index contributed by atoms with van der Waals surface area (Å²) in [4.78, 5) is 0. The van der Waals surface area contributed by atoms with Crippen molar-refractivity contribution >= 4 is 0 Å². The summed E-state index contributed by atoms with van der Waals surface area (Å²) in [7, 11) is 0. The van der Waals surface area contributed by atoms with E-state index in [1.54, 1.807) is 5.57 Å². The topological polar surface area (TPSA) is 0 Å². The summed E-state index contributed by atoms with van der Waals surface area (Å²) in [6.07, 6.45) is 18.3. The molecule has 0 nitrogen and oxygen atoms in total. The largest absolute Gasteiger partial charge is 0.0885 e. The van der Waals surface area contributed by atoms with Gasteiger partial charge in [0.15, 0.2) is 0 Å². The van der Waals surface area contributed by atoms with E-state index in [1.165, 1.54) is 19.3 Å². The normalized spacial score (nSPS) is 36.1. The fourth-order valence-corrected chi connectivity index (χ4v) is 3.35. The van der Waals surface area contributed by atoms with Crippen LogP contribution in [0.1, 0.15) is 46.0 Å². The van der Waals surface area contributed by atoms with Gasteiger partial charge in [-0.2, -0.15) is 0 Å². The first-order valence-electron chi connectivity index (χ1n) is 6.81. The second kappa shape index (κ2) is 5.52. The first-order valence-corrected chi connectivity index (χ1v) is 6.81. The van der Waals surface area contributed by atoms with Crippen LogP contribution in [0.15, 0.2) is 36.0 Å². The van der Waals surface area contributed by atoms with Crippen molar-refractivity contribution in [3.8, 4) is 0 Å². The Labute approximate surface area is 100 Å². The van der Waals surface area contributed by atoms with Crippen molar-refractivity contribution in [2.75, 3.05) is 0 Å². The third-order valence-corrected chi connectivity index (χ3v) is 4.20. The Morgan fingerprint density at radius 1 is 1.19 bits per heavy atom. The van der Waals surface area contributed by atoms with Crippen LogP contribution < -0.4 is 0 Å². The van der Waals surface area contributed by atoms with Gasteiger partial charge in [-0.25, -0.2) is 0 Å². The molecule has 3 atom stereocenters. The Balaban J connectivity index is 1.80. The molecule has 0 saturated heterocycles. The zero-order valence-corrected chi connectivity index (χ0v) is 10.7. The molecule has 2 aliphatic carbocycles. The van der Waals surface area contributed by atoms with Gasteiger partial charge in [-0.05, 0) is 56.8 Å². The lowest BCUT2D eigenvalue weighted by Gasteiger charge is -2.20. The third-order valence-electron chi connectivity index (χ3n) is 4.20. The number of allylic oxidation sites excluding steroid dienone is 6. The van der Waals surface area contributed by atoms with Crippen LogP contribution in [0, 0.1) is 17.8 Å². The highest BCUT2D eigenvalue weighted by Crippen LogP contribution is 2.51. The predicted octanol–water partition coefficient (Wildman–Crippen LogP) is 4.89. The van der Waals surface area contributed by atoms with Crippen molar-refractivity contribution in [2.24, 2.45) is 17.8 Å². The molecule has 2 aliphatic rings. The van der Waals surface area contributed by atoms with Gasteiger partial charge in [-0.15, -0.1) is 0 Å². The zero-order valence-electron chi connectivity index (χ0n) is 10.7. The van der Waals surface area contributed by atoms with Crippen molar-refractivity contribution in [1.82, 2.24) is 0 Å². The van der Waals surface area contributed by atoms with E-state index >= 15 is 0 Å². The fraction of sp³-hybridized carbons (Fsp3) is 0.625. The maximum Gasteiger partial charge on any atom is -0.0169 e. The number of hydrogen-bond acceptors (Lipinski definition) is 0. The molecule has 0 radical (unpaired) electrons. The van der Waals surface area contributed by atoms with E-state index in [0.717, 1.165) is 30.6 Å². The molecular weight excluding hydrogens is 192 g/mol. The molecule has 0 aromatic carbocycles. The average Bonchev–Trinajstić information content (AvgIpc) is 2.87. The van der Waals surface area contributed by atoms with Gasteiger partial charge >= 0.3 is 0 Å².